The Morgan fingerprint density at radius 2 is 2.08 bits per heavy atom. The van der Waals surface area contributed by atoms with Crippen LogP contribution in [-0.4, -0.2) is 18.1 Å². The maximum absolute atomic E-state index is 11.4. The second-order valence-corrected chi connectivity index (χ2v) is 5.06. The van der Waals surface area contributed by atoms with Gasteiger partial charge < -0.3 is 0 Å². The average Bonchev–Trinajstić information content (AvgIpc) is 2.06. The predicted octanol–water partition coefficient (Wildman–Crippen LogP) is 3.20. The van der Waals surface area contributed by atoms with E-state index in [1.54, 1.807) is 0 Å². The van der Waals surface area contributed by atoms with Crippen molar-refractivity contribution in [3.8, 4) is 0 Å². The minimum atomic E-state index is 0.267. The predicted molar refractivity (Wildman–Crippen MR) is 51.0 cm³/mol. The molecule has 0 aliphatic carbocycles. The summed E-state index contributed by atoms with van der Waals surface area (Å²) in [6.07, 6.45) is 4.53. The first-order valence-corrected chi connectivity index (χ1v) is 5.74. The van der Waals surface area contributed by atoms with Gasteiger partial charge in [-0.05, 0) is 47.1 Å². The van der Waals surface area contributed by atoms with Crippen LogP contribution in [0.15, 0.2) is 0 Å². The molecule has 1 fully saturated rings. The molecular formula is C9H17FOS. The van der Waals surface area contributed by atoms with Crippen LogP contribution in [0.2, 0.25) is 0 Å². The van der Waals surface area contributed by atoms with Gasteiger partial charge >= 0.3 is 0 Å². The molecule has 1 rings (SSSR count). The molecule has 72 valence electrons. The molecular weight excluding hydrogens is 175 g/mol. The van der Waals surface area contributed by atoms with Crippen molar-refractivity contribution in [2.45, 2.75) is 32.6 Å². The Balaban J connectivity index is 2.17. The van der Waals surface area contributed by atoms with E-state index in [1.807, 2.05) is 11.8 Å². The number of halogens is 1. The third kappa shape index (κ3) is 3.31. The lowest BCUT2D eigenvalue weighted by Crippen LogP contribution is -2.22. The topological polar surface area (TPSA) is 9.23 Å². The second-order valence-electron chi connectivity index (χ2n) is 3.84. The van der Waals surface area contributed by atoms with Crippen molar-refractivity contribution in [2.75, 3.05) is 18.1 Å². The molecule has 0 aromatic heterocycles. The lowest BCUT2D eigenvalue weighted by atomic mass is 9.80. The summed E-state index contributed by atoms with van der Waals surface area (Å²) < 4.78 is 11.4. The van der Waals surface area contributed by atoms with E-state index < -0.39 is 0 Å². The molecule has 1 aliphatic rings. The monoisotopic (exact) mass is 192 g/mol. The van der Waals surface area contributed by atoms with Crippen molar-refractivity contribution in [3.05, 3.63) is 0 Å². The summed E-state index contributed by atoms with van der Waals surface area (Å²) >= 11 is 2.03. The van der Waals surface area contributed by atoms with Gasteiger partial charge in [0.05, 0.1) is 6.61 Å². The largest absolute Gasteiger partial charge is 0.194 e. The SMILES string of the molecule is CC1(CCCOF)CCSCC1. The van der Waals surface area contributed by atoms with Crippen LogP contribution >= 0.6 is 11.8 Å². The van der Waals surface area contributed by atoms with Crippen LogP contribution in [0.4, 0.5) is 4.53 Å². The first kappa shape index (κ1) is 10.3. The van der Waals surface area contributed by atoms with E-state index in [0.29, 0.717) is 5.41 Å². The summed E-state index contributed by atoms with van der Waals surface area (Å²) in [7, 11) is 0. The highest BCUT2D eigenvalue weighted by Gasteiger charge is 2.26. The van der Waals surface area contributed by atoms with Crippen LogP contribution < -0.4 is 0 Å². The molecule has 0 saturated carbocycles. The highest BCUT2D eigenvalue weighted by atomic mass is 32.2. The molecule has 1 heterocycles. The Bertz CT molecular complexity index is 124. The molecule has 0 spiro atoms. The molecule has 1 aliphatic heterocycles. The van der Waals surface area contributed by atoms with Gasteiger partial charge in [0.2, 0.25) is 0 Å². The summed E-state index contributed by atoms with van der Waals surface area (Å²) in [5, 5.41) is 0. The standard InChI is InChI=1S/C9H17FOS/c1-9(3-2-6-11-10)4-7-12-8-5-9/h2-8H2,1H3. The highest BCUT2D eigenvalue weighted by Crippen LogP contribution is 2.38. The molecule has 0 unspecified atom stereocenters. The lowest BCUT2D eigenvalue weighted by molar-refractivity contribution is -0.134. The fourth-order valence-corrected chi connectivity index (χ4v) is 3.15. The first-order valence-electron chi connectivity index (χ1n) is 4.58. The van der Waals surface area contributed by atoms with Gasteiger partial charge in [0.1, 0.15) is 0 Å². The minimum absolute atomic E-state index is 0.267. The van der Waals surface area contributed by atoms with Gasteiger partial charge in [-0.15, -0.1) is 0 Å². The maximum Gasteiger partial charge on any atom is 0.0876 e. The molecule has 0 radical (unpaired) electrons. The van der Waals surface area contributed by atoms with E-state index in [1.165, 1.54) is 24.3 Å². The summed E-state index contributed by atoms with van der Waals surface area (Å²) in [5.41, 5.74) is 0.462. The molecule has 3 heteroatoms. The zero-order valence-corrected chi connectivity index (χ0v) is 8.46. The molecule has 0 atom stereocenters. The molecule has 0 bridgehead atoms. The van der Waals surface area contributed by atoms with E-state index in [4.69, 9.17) is 0 Å². The fraction of sp³-hybridized carbons (Fsp3) is 1.00. The van der Waals surface area contributed by atoms with Gasteiger partial charge in [0.25, 0.3) is 0 Å². The van der Waals surface area contributed by atoms with Gasteiger partial charge in [-0.25, -0.2) is 0 Å². The summed E-state index contributed by atoms with van der Waals surface area (Å²) in [5.74, 6) is 2.54. The van der Waals surface area contributed by atoms with Crippen molar-refractivity contribution in [3.63, 3.8) is 0 Å². The third-order valence-electron chi connectivity index (χ3n) is 2.70. The van der Waals surface area contributed by atoms with E-state index in [2.05, 4.69) is 11.9 Å². The van der Waals surface area contributed by atoms with Crippen molar-refractivity contribution in [1.82, 2.24) is 0 Å². The van der Waals surface area contributed by atoms with Crippen LogP contribution in [0.5, 0.6) is 0 Å². The number of thioether (sulfide) groups is 1. The Labute approximate surface area is 78.0 Å². The molecule has 0 amide bonds. The maximum atomic E-state index is 11.4. The normalized spacial score (nSPS) is 22.5. The quantitative estimate of drug-likeness (QED) is 0.633. The molecule has 1 saturated heterocycles. The molecule has 0 N–H and O–H groups in total. The van der Waals surface area contributed by atoms with Crippen molar-refractivity contribution in [2.24, 2.45) is 5.41 Å². The Morgan fingerprint density at radius 1 is 1.42 bits per heavy atom. The highest BCUT2D eigenvalue weighted by molar-refractivity contribution is 7.99. The zero-order chi connectivity index (χ0) is 8.86. The van der Waals surface area contributed by atoms with Crippen molar-refractivity contribution < 1.29 is 9.47 Å². The smallest absolute Gasteiger partial charge is 0.0876 e. The van der Waals surface area contributed by atoms with E-state index in [-0.39, 0.29) is 6.61 Å². The zero-order valence-electron chi connectivity index (χ0n) is 7.64. The summed E-state index contributed by atoms with van der Waals surface area (Å²) in [6.45, 7) is 2.58. The van der Waals surface area contributed by atoms with Gasteiger partial charge in [0, 0.05) is 0 Å². The Hall–Kier alpha value is 0.240. The Morgan fingerprint density at radius 3 is 2.67 bits per heavy atom. The second kappa shape index (κ2) is 5.07. The van der Waals surface area contributed by atoms with Gasteiger partial charge in [-0.3, -0.25) is 0 Å². The van der Waals surface area contributed by atoms with Crippen LogP contribution in [0.25, 0.3) is 0 Å². The van der Waals surface area contributed by atoms with Crippen LogP contribution in [0.3, 0.4) is 0 Å². The first-order chi connectivity index (χ1) is 5.77. The van der Waals surface area contributed by atoms with Crippen molar-refractivity contribution >= 4 is 11.8 Å². The third-order valence-corrected chi connectivity index (χ3v) is 3.69. The molecule has 0 aromatic carbocycles. The van der Waals surface area contributed by atoms with E-state index in [9.17, 15) is 4.53 Å². The van der Waals surface area contributed by atoms with Gasteiger partial charge in [0.15, 0.2) is 0 Å². The van der Waals surface area contributed by atoms with E-state index in [0.717, 1.165) is 12.8 Å². The van der Waals surface area contributed by atoms with Crippen molar-refractivity contribution in [1.29, 1.82) is 0 Å². The number of rotatable bonds is 4. The summed E-state index contributed by atoms with van der Waals surface area (Å²) in [6, 6.07) is 0. The number of hydrogen-bond donors (Lipinski definition) is 0. The van der Waals surface area contributed by atoms with Crippen LogP contribution in [-0.2, 0) is 4.94 Å². The van der Waals surface area contributed by atoms with E-state index >= 15 is 0 Å². The number of hydrogen-bond acceptors (Lipinski definition) is 2. The van der Waals surface area contributed by atoms with Crippen LogP contribution in [0.1, 0.15) is 32.6 Å². The minimum Gasteiger partial charge on any atom is -0.194 e. The Kier molecular flexibility index (Phi) is 4.36. The van der Waals surface area contributed by atoms with Gasteiger partial charge in [-0.1, -0.05) is 6.92 Å². The lowest BCUT2D eigenvalue weighted by Gasteiger charge is -2.33. The average molecular weight is 192 g/mol. The fourth-order valence-electron chi connectivity index (χ4n) is 1.67. The van der Waals surface area contributed by atoms with Gasteiger partial charge in [-0.2, -0.15) is 16.7 Å². The molecule has 0 aromatic rings. The molecule has 1 nitrogen and oxygen atoms in total. The molecule has 12 heavy (non-hydrogen) atoms. The summed E-state index contributed by atoms with van der Waals surface area (Å²) in [4.78, 5) is 3.57. The van der Waals surface area contributed by atoms with Crippen LogP contribution in [0, 0.1) is 5.41 Å².